The third-order valence-electron chi connectivity index (χ3n) is 3.99. The monoisotopic (exact) mass is 283 g/mol. The zero-order valence-electron chi connectivity index (χ0n) is 12.2. The predicted molar refractivity (Wildman–Crippen MR) is 81.5 cm³/mol. The van der Waals surface area contributed by atoms with Crippen molar-refractivity contribution < 1.29 is 4.79 Å². The minimum Gasteiger partial charge on any atom is -0.359 e. The molecule has 108 valence electrons. The molecule has 1 heterocycles. The van der Waals surface area contributed by atoms with E-state index in [4.69, 9.17) is 0 Å². The number of nitrogens with one attached hydrogen (secondary N) is 2. The summed E-state index contributed by atoms with van der Waals surface area (Å²) in [7, 11) is 0. The SMILES string of the molecule is CCNC(=O)C(C)N=C1NC2(CCCC(C)C2)CS1. The lowest BCUT2D eigenvalue weighted by Crippen LogP contribution is -2.47. The number of hydrogen-bond donors (Lipinski definition) is 2. The fraction of sp³-hybridized carbons (Fsp3) is 0.857. The first-order valence-electron chi connectivity index (χ1n) is 7.31. The molecule has 0 radical (unpaired) electrons. The number of likely N-dealkylation sites (N-methyl/N-ethyl adjacent to an activating group) is 1. The van der Waals surface area contributed by atoms with Crippen LogP contribution in [0.1, 0.15) is 46.5 Å². The van der Waals surface area contributed by atoms with Crippen LogP contribution in [0.2, 0.25) is 0 Å². The Hall–Kier alpha value is -0.710. The van der Waals surface area contributed by atoms with E-state index in [9.17, 15) is 4.79 Å². The molecule has 0 aromatic rings. The van der Waals surface area contributed by atoms with E-state index >= 15 is 0 Å². The number of thioether (sulfide) groups is 1. The number of carbonyl (C=O) groups is 1. The van der Waals surface area contributed by atoms with Gasteiger partial charge in [0.25, 0.3) is 0 Å². The average Bonchev–Trinajstić information content (AvgIpc) is 2.71. The van der Waals surface area contributed by atoms with Gasteiger partial charge in [0.05, 0.1) is 0 Å². The Morgan fingerprint density at radius 2 is 2.47 bits per heavy atom. The largest absolute Gasteiger partial charge is 0.359 e. The van der Waals surface area contributed by atoms with E-state index in [0.717, 1.165) is 16.8 Å². The Bertz CT molecular complexity index is 372. The van der Waals surface area contributed by atoms with E-state index in [0.29, 0.717) is 6.54 Å². The molecule has 1 saturated carbocycles. The highest BCUT2D eigenvalue weighted by atomic mass is 32.2. The smallest absolute Gasteiger partial charge is 0.244 e. The maximum Gasteiger partial charge on any atom is 0.244 e. The van der Waals surface area contributed by atoms with Crippen LogP contribution in [0.4, 0.5) is 0 Å². The van der Waals surface area contributed by atoms with Gasteiger partial charge in [-0.15, -0.1) is 0 Å². The second-order valence-corrected chi connectivity index (χ2v) is 6.86. The first-order valence-corrected chi connectivity index (χ1v) is 8.30. The van der Waals surface area contributed by atoms with Crippen LogP contribution in [0.15, 0.2) is 4.99 Å². The van der Waals surface area contributed by atoms with Gasteiger partial charge in [0, 0.05) is 17.8 Å². The minimum absolute atomic E-state index is 0.00959. The first kappa shape index (κ1) is 14.7. The molecule has 2 rings (SSSR count). The molecular weight excluding hydrogens is 258 g/mol. The maximum atomic E-state index is 11.7. The lowest BCUT2D eigenvalue weighted by Gasteiger charge is -2.36. The van der Waals surface area contributed by atoms with Crippen LogP contribution in [-0.2, 0) is 4.79 Å². The van der Waals surface area contributed by atoms with E-state index in [2.05, 4.69) is 22.5 Å². The standard InChI is InChI=1S/C14H25N3OS/c1-4-15-12(18)11(3)16-13-17-14(9-19-13)7-5-6-10(2)8-14/h10-11H,4-9H2,1-3H3,(H,15,18)(H,16,17). The number of hydrogen-bond acceptors (Lipinski definition) is 3. The Kier molecular flexibility index (Phi) is 4.76. The summed E-state index contributed by atoms with van der Waals surface area (Å²) in [5, 5.41) is 7.36. The predicted octanol–water partition coefficient (Wildman–Crippen LogP) is 2.15. The lowest BCUT2D eigenvalue weighted by molar-refractivity contribution is -0.121. The van der Waals surface area contributed by atoms with E-state index in [1.165, 1.54) is 25.7 Å². The van der Waals surface area contributed by atoms with Gasteiger partial charge in [-0.25, -0.2) is 4.99 Å². The zero-order chi connectivity index (χ0) is 13.9. The van der Waals surface area contributed by atoms with Gasteiger partial charge in [0.1, 0.15) is 6.04 Å². The van der Waals surface area contributed by atoms with Crippen molar-refractivity contribution in [1.29, 1.82) is 0 Å². The normalized spacial score (nSPS) is 34.3. The third kappa shape index (κ3) is 3.65. The molecule has 1 saturated heterocycles. The fourth-order valence-corrected chi connectivity index (χ4v) is 4.30. The minimum atomic E-state index is -0.300. The van der Waals surface area contributed by atoms with Crippen molar-refractivity contribution in [2.24, 2.45) is 10.9 Å². The molecule has 0 bridgehead atoms. The maximum absolute atomic E-state index is 11.7. The van der Waals surface area contributed by atoms with Gasteiger partial charge < -0.3 is 10.6 Å². The van der Waals surface area contributed by atoms with Gasteiger partial charge in [-0.1, -0.05) is 31.5 Å². The molecular formula is C14H25N3OS. The van der Waals surface area contributed by atoms with Crippen LogP contribution < -0.4 is 10.6 Å². The summed E-state index contributed by atoms with van der Waals surface area (Å²) < 4.78 is 0. The van der Waals surface area contributed by atoms with Gasteiger partial charge in [-0.3, -0.25) is 4.79 Å². The van der Waals surface area contributed by atoms with Crippen molar-refractivity contribution in [2.75, 3.05) is 12.3 Å². The molecule has 1 spiro atoms. The topological polar surface area (TPSA) is 53.5 Å². The Morgan fingerprint density at radius 1 is 1.68 bits per heavy atom. The van der Waals surface area contributed by atoms with Crippen molar-refractivity contribution in [2.45, 2.75) is 58.0 Å². The molecule has 2 N–H and O–H groups in total. The molecule has 0 aromatic heterocycles. The van der Waals surface area contributed by atoms with Crippen molar-refractivity contribution in [3.05, 3.63) is 0 Å². The summed E-state index contributed by atoms with van der Waals surface area (Å²) in [5.74, 6) is 1.90. The Balaban J connectivity index is 1.95. The molecule has 3 atom stereocenters. The summed E-state index contributed by atoms with van der Waals surface area (Å²) in [5.41, 5.74) is 0.238. The van der Waals surface area contributed by atoms with Crippen LogP contribution in [0.25, 0.3) is 0 Å². The van der Waals surface area contributed by atoms with Crippen molar-refractivity contribution in [1.82, 2.24) is 10.6 Å². The molecule has 19 heavy (non-hydrogen) atoms. The number of nitrogens with zero attached hydrogens (tertiary/aromatic N) is 1. The van der Waals surface area contributed by atoms with E-state index in [1.807, 2.05) is 13.8 Å². The molecule has 2 fully saturated rings. The zero-order valence-corrected chi connectivity index (χ0v) is 13.0. The molecule has 0 aromatic carbocycles. The van der Waals surface area contributed by atoms with E-state index < -0.39 is 0 Å². The summed E-state index contributed by atoms with van der Waals surface area (Å²) >= 11 is 1.77. The van der Waals surface area contributed by atoms with Gasteiger partial charge >= 0.3 is 0 Å². The summed E-state index contributed by atoms with van der Waals surface area (Å²) in [6.45, 7) is 6.78. The Labute approximate surface area is 120 Å². The highest BCUT2D eigenvalue weighted by Gasteiger charge is 2.40. The summed E-state index contributed by atoms with van der Waals surface area (Å²) in [4.78, 5) is 16.2. The molecule has 1 aliphatic heterocycles. The summed E-state index contributed by atoms with van der Waals surface area (Å²) in [6.07, 6.45) is 5.11. The van der Waals surface area contributed by atoms with E-state index in [-0.39, 0.29) is 17.5 Å². The Morgan fingerprint density at radius 3 is 3.16 bits per heavy atom. The highest BCUT2D eigenvalue weighted by molar-refractivity contribution is 8.14. The second-order valence-electron chi connectivity index (χ2n) is 5.90. The molecule has 1 aliphatic carbocycles. The molecule has 4 nitrogen and oxygen atoms in total. The number of carbonyl (C=O) groups excluding carboxylic acids is 1. The highest BCUT2D eigenvalue weighted by Crippen LogP contribution is 2.38. The van der Waals surface area contributed by atoms with Crippen molar-refractivity contribution >= 4 is 22.8 Å². The second kappa shape index (κ2) is 6.16. The molecule has 2 aliphatic rings. The summed E-state index contributed by atoms with van der Waals surface area (Å²) in [6, 6.07) is -0.300. The number of amides is 1. The molecule has 1 amide bonds. The number of aliphatic imine (C=N–C) groups is 1. The van der Waals surface area contributed by atoms with Crippen LogP contribution in [0, 0.1) is 5.92 Å². The lowest BCUT2D eigenvalue weighted by atomic mass is 9.78. The van der Waals surface area contributed by atoms with Crippen LogP contribution in [-0.4, -0.2) is 35.0 Å². The van der Waals surface area contributed by atoms with Gasteiger partial charge in [0.2, 0.25) is 5.91 Å². The van der Waals surface area contributed by atoms with E-state index in [1.54, 1.807) is 11.8 Å². The quantitative estimate of drug-likeness (QED) is 0.834. The van der Waals surface area contributed by atoms with Gasteiger partial charge in [-0.2, -0.15) is 0 Å². The van der Waals surface area contributed by atoms with Crippen molar-refractivity contribution in [3.8, 4) is 0 Å². The van der Waals surface area contributed by atoms with Crippen LogP contribution >= 0.6 is 11.8 Å². The molecule has 5 heteroatoms. The first-order chi connectivity index (χ1) is 9.04. The third-order valence-corrected chi connectivity index (χ3v) is 5.17. The van der Waals surface area contributed by atoms with Crippen LogP contribution in [0.3, 0.4) is 0 Å². The van der Waals surface area contributed by atoms with Gasteiger partial charge in [-0.05, 0) is 32.6 Å². The fourth-order valence-electron chi connectivity index (χ4n) is 3.04. The number of rotatable bonds is 3. The van der Waals surface area contributed by atoms with Crippen molar-refractivity contribution in [3.63, 3.8) is 0 Å². The average molecular weight is 283 g/mol. The number of amidine groups is 1. The molecule has 3 unspecified atom stereocenters. The van der Waals surface area contributed by atoms with Gasteiger partial charge in [0.15, 0.2) is 5.17 Å². The van der Waals surface area contributed by atoms with Crippen LogP contribution in [0.5, 0.6) is 0 Å².